The van der Waals surface area contributed by atoms with Gasteiger partial charge in [0.05, 0.1) is 6.61 Å². The molecule has 0 aliphatic heterocycles. The molecule has 0 saturated heterocycles. The first-order chi connectivity index (χ1) is 13.1. The Hall–Kier alpha value is -1.40. The zero-order valence-corrected chi connectivity index (χ0v) is 16.6. The molecule has 0 spiro atoms. The third-order valence-corrected chi connectivity index (χ3v) is 4.33. The maximum Gasteiger partial charge on any atom is 0.305 e. The number of unbranched alkanes of at least 4 members (excludes halogenated alkanes) is 10. The smallest absolute Gasteiger partial charge is 0.305 e. The third-order valence-electron chi connectivity index (χ3n) is 4.33. The van der Waals surface area contributed by atoms with Crippen LogP contribution in [0.3, 0.4) is 0 Å². The van der Waals surface area contributed by atoms with E-state index >= 15 is 0 Å². The van der Waals surface area contributed by atoms with E-state index in [0.717, 1.165) is 57.8 Å². The summed E-state index contributed by atoms with van der Waals surface area (Å²) in [6.45, 7) is -0.525. The monoisotopic (exact) mass is 386 g/mol. The van der Waals surface area contributed by atoms with E-state index in [4.69, 9.17) is 20.1 Å². The highest BCUT2D eigenvalue weighted by molar-refractivity contribution is 5.69. The van der Waals surface area contributed by atoms with Crippen LogP contribution < -0.4 is 0 Å². The fourth-order valence-corrected chi connectivity index (χ4v) is 2.68. The summed E-state index contributed by atoms with van der Waals surface area (Å²) >= 11 is 0. The number of ether oxygens (including phenoxy) is 1. The lowest BCUT2D eigenvalue weighted by Crippen LogP contribution is -2.21. The largest absolute Gasteiger partial charge is 0.481 e. The molecule has 27 heavy (non-hydrogen) atoms. The minimum absolute atomic E-state index is 0.133. The second-order valence-electron chi connectivity index (χ2n) is 7.00. The lowest BCUT2D eigenvalue weighted by Gasteiger charge is -2.08. The van der Waals surface area contributed by atoms with Crippen molar-refractivity contribution in [1.29, 1.82) is 0 Å². The predicted octanol–water partition coefficient (Wildman–Crippen LogP) is 3.99. The second kappa shape index (κ2) is 19.4. The Labute approximate surface area is 163 Å². The number of carbonyl (C=O) groups is 2. The summed E-state index contributed by atoms with van der Waals surface area (Å²) in [7, 11) is 0. The van der Waals surface area contributed by atoms with Crippen LogP contribution in [-0.2, 0) is 14.3 Å². The van der Waals surface area contributed by atoms with E-state index in [2.05, 4.69) is 12.2 Å². The maximum absolute atomic E-state index is 11.4. The van der Waals surface area contributed by atoms with Gasteiger partial charge in [-0.3, -0.25) is 9.59 Å². The van der Waals surface area contributed by atoms with Gasteiger partial charge in [0.2, 0.25) is 0 Å². The number of carbonyl (C=O) groups excluding carboxylic acids is 1. The van der Waals surface area contributed by atoms with Gasteiger partial charge in [-0.1, -0.05) is 50.7 Å². The SMILES string of the molecule is O=C(O)CCCCCCCC=CCCCCCCCC(=O)OCC(O)CO. The topological polar surface area (TPSA) is 104 Å². The van der Waals surface area contributed by atoms with Gasteiger partial charge in [-0.05, 0) is 38.5 Å². The molecule has 0 aromatic carbocycles. The molecule has 0 rings (SSSR count). The fraction of sp³-hybridized carbons (Fsp3) is 0.810. The van der Waals surface area contributed by atoms with Crippen LogP contribution in [0.1, 0.15) is 89.9 Å². The van der Waals surface area contributed by atoms with Crippen LogP contribution in [0.25, 0.3) is 0 Å². The van der Waals surface area contributed by atoms with E-state index < -0.39 is 18.7 Å². The molecular weight excluding hydrogens is 348 g/mol. The van der Waals surface area contributed by atoms with E-state index in [1.165, 1.54) is 19.3 Å². The van der Waals surface area contributed by atoms with Gasteiger partial charge in [0.15, 0.2) is 0 Å². The maximum atomic E-state index is 11.4. The van der Waals surface area contributed by atoms with E-state index in [1.807, 2.05) is 0 Å². The number of esters is 1. The van der Waals surface area contributed by atoms with Crippen LogP contribution in [0.15, 0.2) is 12.2 Å². The number of aliphatic hydroxyl groups is 2. The third kappa shape index (κ3) is 20.8. The molecule has 0 aromatic heterocycles. The van der Waals surface area contributed by atoms with Crippen molar-refractivity contribution < 1.29 is 29.6 Å². The van der Waals surface area contributed by atoms with E-state index in [9.17, 15) is 9.59 Å². The molecule has 0 radical (unpaired) electrons. The Bertz CT molecular complexity index is 394. The summed E-state index contributed by atoms with van der Waals surface area (Å²) in [6, 6.07) is 0. The normalized spacial score (nSPS) is 12.4. The number of aliphatic carboxylic acids is 1. The van der Waals surface area contributed by atoms with Crippen molar-refractivity contribution >= 4 is 11.9 Å². The minimum atomic E-state index is -0.981. The molecular formula is C21H38O6. The minimum Gasteiger partial charge on any atom is -0.481 e. The molecule has 1 unspecified atom stereocenters. The summed E-state index contributed by atoms with van der Waals surface area (Å²) in [4.78, 5) is 21.7. The predicted molar refractivity (Wildman–Crippen MR) is 105 cm³/mol. The highest BCUT2D eigenvalue weighted by atomic mass is 16.5. The lowest BCUT2D eigenvalue weighted by atomic mass is 10.1. The lowest BCUT2D eigenvalue weighted by molar-refractivity contribution is -0.147. The van der Waals surface area contributed by atoms with Gasteiger partial charge in [0.25, 0.3) is 0 Å². The molecule has 158 valence electrons. The summed E-state index contributed by atoms with van der Waals surface area (Å²) in [6.07, 6.45) is 16.9. The van der Waals surface area contributed by atoms with Crippen molar-refractivity contribution in [1.82, 2.24) is 0 Å². The number of rotatable bonds is 19. The van der Waals surface area contributed by atoms with Gasteiger partial charge in [-0.15, -0.1) is 0 Å². The first-order valence-corrected chi connectivity index (χ1v) is 10.4. The highest BCUT2D eigenvalue weighted by Crippen LogP contribution is 2.10. The Morgan fingerprint density at radius 1 is 0.778 bits per heavy atom. The van der Waals surface area contributed by atoms with Gasteiger partial charge in [0, 0.05) is 12.8 Å². The zero-order chi connectivity index (χ0) is 20.2. The standard InChI is InChI=1S/C21H38O6/c22-17-19(23)18-27-21(26)16-14-12-10-8-6-4-2-1-3-5-7-9-11-13-15-20(24)25/h1-2,19,22-23H,3-18H2,(H,24,25). The molecule has 6 heteroatoms. The first kappa shape index (κ1) is 25.6. The quantitative estimate of drug-likeness (QED) is 0.176. The first-order valence-electron chi connectivity index (χ1n) is 10.4. The Balaban J connectivity index is 3.24. The average molecular weight is 387 g/mol. The molecule has 3 N–H and O–H groups in total. The fourth-order valence-electron chi connectivity index (χ4n) is 2.68. The van der Waals surface area contributed by atoms with E-state index in [1.54, 1.807) is 0 Å². The molecule has 0 aliphatic carbocycles. The number of carboxylic acids is 1. The summed E-state index contributed by atoms with van der Waals surface area (Å²) < 4.78 is 4.84. The molecule has 0 amide bonds. The van der Waals surface area contributed by atoms with E-state index in [0.29, 0.717) is 12.8 Å². The van der Waals surface area contributed by atoms with Crippen molar-refractivity contribution in [2.75, 3.05) is 13.2 Å². The van der Waals surface area contributed by atoms with Crippen LogP contribution in [0, 0.1) is 0 Å². The van der Waals surface area contributed by atoms with Crippen molar-refractivity contribution in [3.63, 3.8) is 0 Å². The Morgan fingerprint density at radius 2 is 1.26 bits per heavy atom. The van der Waals surface area contributed by atoms with Crippen LogP contribution in [-0.4, -0.2) is 46.6 Å². The molecule has 0 fully saturated rings. The van der Waals surface area contributed by atoms with Gasteiger partial charge >= 0.3 is 11.9 Å². The van der Waals surface area contributed by atoms with Crippen LogP contribution in [0.2, 0.25) is 0 Å². The van der Waals surface area contributed by atoms with Crippen LogP contribution >= 0.6 is 0 Å². The molecule has 0 heterocycles. The Morgan fingerprint density at radius 3 is 1.78 bits per heavy atom. The van der Waals surface area contributed by atoms with Gasteiger partial charge in [-0.2, -0.15) is 0 Å². The summed E-state index contributed by atoms with van der Waals surface area (Å²) in [5.41, 5.74) is 0. The summed E-state index contributed by atoms with van der Waals surface area (Å²) in [5.74, 6) is -1.01. The highest BCUT2D eigenvalue weighted by Gasteiger charge is 2.07. The van der Waals surface area contributed by atoms with Gasteiger partial charge in [-0.25, -0.2) is 0 Å². The molecule has 0 saturated carbocycles. The van der Waals surface area contributed by atoms with Crippen molar-refractivity contribution in [2.24, 2.45) is 0 Å². The molecule has 0 aromatic rings. The number of hydrogen-bond acceptors (Lipinski definition) is 5. The van der Waals surface area contributed by atoms with Crippen molar-refractivity contribution in [3.05, 3.63) is 12.2 Å². The molecule has 0 aliphatic rings. The molecule has 1 atom stereocenters. The molecule has 6 nitrogen and oxygen atoms in total. The van der Waals surface area contributed by atoms with E-state index in [-0.39, 0.29) is 12.6 Å². The number of carboxylic acid groups (broad SMARTS) is 1. The second-order valence-corrected chi connectivity index (χ2v) is 7.00. The zero-order valence-electron chi connectivity index (χ0n) is 16.6. The number of aliphatic hydroxyl groups excluding tert-OH is 2. The van der Waals surface area contributed by atoms with Crippen molar-refractivity contribution in [2.45, 2.75) is 96.0 Å². The Kier molecular flexibility index (Phi) is 18.4. The summed E-state index contributed by atoms with van der Waals surface area (Å²) in [5, 5.41) is 26.2. The van der Waals surface area contributed by atoms with Gasteiger partial charge < -0.3 is 20.1 Å². The van der Waals surface area contributed by atoms with Gasteiger partial charge in [0.1, 0.15) is 12.7 Å². The number of hydrogen-bond donors (Lipinski definition) is 3. The molecule has 0 bridgehead atoms. The van der Waals surface area contributed by atoms with Crippen LogP contribution in [0.4, 0.5) is 0 Å². The van der Waals surface area contributed by atoms with Crippen LogP contribution in [0.5, 0.6) is 0 Å². The van der Waals surface area contributed by atoms with Crippen molar-refractivity contribution in [3.8, 4) is 0 Å². The number of allylic oxidation sites excluding steroid dienone is 2. The average Bonchev–Trinajstić information content (AvgIpc) is 2.65.